The van der Waals surface area contributed by atoms with Crippen molar-refractivity contribution in [1.29, 1.82) is 0 Å². The van der Waals surface area contributed by atoms with Gasteiger partial charge in [-0.25, -0.2) is 0 Å². The third-order valence-corrected chi connectivity index (χ3v) is 8.18. The van der Waals surface area contributed by atoms with Crippen LogP contribution in [0.2, 0.25) is 18.1 Å². The Bertz CT molecular complexity index is 252. The van der Waals surface area contributed by atoms with E-state index in [0.29, 0.717) is 5.04 Å². The van der Waals surface area contributed by atoms with Gasteiger partial charge in [0.2, 0.25) is 0 Å². The van der Waals surface area contributed by atoms with Crippen LogP contribution in [-0.2, 0) is 4.43 Å². The molecule has 0 atom stereocenters. The molecule has 0 aromatic rings. The fraction of sp³-hybridized carbons (Fsp3) is 0.867. The van der Waals surface area contributed by atoms with Gasteiger partial charge in [-0.3, -0.25) is 0 Å². The highest BCUT2D eigenvalue weighted by atomic mass is 28.4. The monoisotopic (exact) mass is 254 g/mol. The van der Waals surface area contributed by atoms with Crippen molar-refractivity contribution >= 4 is 8.32 Å². The van der Waals surface area contributed by atoms with E-state index in [0.717, 1.165) is 13.0 Å². The van der Waals surface area contributed by atoms with Gasteiger partial charge in [0.25, 0.3) is 0 Å². The standard InChI is InChI=1S/C15H30OSi/c1-7-8-9-10-11-12-13-14-16-17(5,6)15(2,3)4/h9-14H2,1-6H3. The van der Waals surface area contributed by atoms with Gasteiger partial charge in [0, 0.05) is 13.0 Å². The molecule has 0 aromatic carbocycles. The number of unbranched alkanes of at least 4 members (excludes halogenated alkanes) is 4. The maximum absolute atomic E-state index is 6.13. The number of rotatable bonds is 7. The van der Waals surface area contributed by atoms with Gasteiger partial charge in [-0.15, -0.1) is 11.8 Å². The molecule has 17 heavy (non-hydrogen) atoms. The van der Waals surface area contributed by atoms with Crippen molar-refractivity contribution in [2.75, 3.05) is 6.61 Å². The molecule has 0 spiro atoms. The van der Waals surface area contributed by atoms with Crippen molar-refractivity contribution in [3.8, 4) is 11.8 Å². The molecule has 2 heteroatoms. The van der Waals surface area contributed by atoms with Gasteiger partial charge in [-0.1, -0.05) is 33.6 Å². The van der Waals surface area contributed by atoms with Crippen LogP contribution in [0.5, 0.6) is 0 Å². The molecule has 0 saturated heterocycles. The first-order valence-corrected chi connectivity index (χ1v) is 9.75. The largest absolute Gasteiger partial charge is 0.417 e. The molecule has 0 saturated carbocycles. The quantitative estimate of drug-likeness (QED) is 0.353. The fourth-order valence-electron chi connectivity index (χ4n) is 1.34. The summed E-state index contributed by atoms with van der Waals surface area (Å²) in [4.78, 5) is 0. The minimum Gasteiger partial charge on any atom is -0.417 e. The van der Waals surface area contributed by atoms with E-state index in [9.17, 15) is 0 Å². The Morgan fingerprint density at radius 3 is 2.12 bits per heavy atom. The highest BCUT2D eigenvalue weighted by Gasteiger charge is 2.36. The smallest absolute Gasteiger partial charge is 0.191 e. The minimum atomic E-state index is -1.51. The van der Waals surface area contributed by atoms with Crippen LogP contribution in [-0.4, -0.2) is 14.9 Å². The molecule has 1 nitrogen and oxygen atoms in total. The predicted molar refractivity (Wildman–Crippen MR) is 79.7 cm³/mol. The van der Waals surface area contributed by atoms with Gasteiger partial charge in [-0.05, 0) is 37.9 Å². The third kappa shape index (κ3) is 7.62. The Hall–Kier alpha value is -0.263. The van der Waals surface area contributed by atoms with Crippen molar-refractivity contribution in [3.63, 3.8) is 0 Å². The number of hydrogen-bond donors (Lipinski definition) is 0. The van der Waals surface area contributed by atoms with Crippen LogP contribution in [0.15, 0.2) is 0 Å². The summed E-state index contributed by atoms with van der Waals surface area (Å²) in [5.74, 6) is 6.05. The van der Waals surface area contributed by atoms with Crippen LogP contribution in [0, 0.1) is 11.8 Å². The molecule has 0 unspecified atom stereocenters. The SMILES string of the molecule is CC#CCCCCCCO[Si](C)(C)C(C)(C)C. The lowest BCUT2D eigenvalue weighted by atomic mass is 10.1. The van der Waals surface area contributed by atoms with Crippen molar-refractivity contribution < 1.29 is 4.43 Å². The lowest BCUT2D eigenvalue weighted by molar-refractivity contribution is 0.277. The molecule has 0 aromatic heterocycles. The van der Waals surface area contributed by atoms with E-state index < -0.39 is 8.32 Å². The summed E-state index contributed by atoms with van der Waals surface area (Å²) in [7, 11) is -1.51. The van der Waals surface area contributed by atoms with E-state index in [-0.39, 0.29) is 0 Å². The maximum Gasteiger partial charge on any atom is 0.191 e. The van der Waals surface area contributed by atoms with Crippen LogP contribution in [0.3, 0.4) is 0 Å². The third-order valence-electron chi connectivity index (χ3n) is 3.64. The average Bonchev–Trinajstić information content (AvgIpc) is 2.20. The van der Waals surface area contributed by atoms with Crippen LogP contribution < -0.4 is 0 Å². The van der Waals surface area contributed by atoms with Crippen LogP contribution in [0.1, 0.15) is 59.8 Å². The Morgan fingerprint density at radius 2 is 1.59 bits per heavy atom. The Morgan fingerprint density at radius 1 is 1.00 bits per heavy atom. The molecule has 0 radical (unpaired) electrons. The summed E-state index contributed by atoms with van der Waals surface area (Å²) < 4.78 is 6.13. The van der Waals surface area contributed by atoms with Crippen LogP contribution in [0.4, 0.5) is 0 Å². The lowest BCUT2D eigenvalue weighted by Gasteiger charge is -2.36. The summed E-state index contributed by atoms with van der Waals surface area (Å²) in [6.45, 7) is 14.4. The molecule has 0 aliphatic heterocycles. The molecular formula is C15H30OSi. The highest BCUT2D eigenvalue weighted by Crippen LogP contribution is 2.36. The zero-order chi connectivity index (χ0) is 13.4. The van der Waals surface area contributed by atoms with Crippen molar-refractivity contribution in [1.82, 2.24) is 0 Å². The van der Waals surface area contributed by atoms with Crippen molar-refractivity contribution in [2.24, 2.45) is 0 Å². The lowest BCUT2D eigenvalue weighted by Crippen LogP contribution is -2.40. The van der Waals surface area contributed by atoms with Gasteiger partial charge >= 0.3 is 0 Å². The Balaban J connectivity index is 3.54. The van der Waals surface area contributed by atoms with E-state index in [4.69, 9.17) is 4.43 Å². The van der Waals surface area contributed by atoms with Crippen LogP contribution >= 0.6 is 0 Å². The van der Waals surface area contributed by atoms with Crippen LogP contribution in [0.25, 0.3) is 0 Å². The normalized spacial score (nSPS) is 12.1. The molecular weight excluding hydrogens is 224 g/mol. The van der Waals surface area contributed by atoms with Gasteiger partial charge < -0.3 is 4.43 Å². The summed E-state index contributed by atoms with van der Waals surface area (Å²) in [6, 6.07) is 0. The van der Waals surface area contributed by atoms with Gasteiger partial charge in [0.05, 0.1) is 0 Å². The molecule has 0 aliphatic rings. The predicted octanol–water partition coefficient (Wildman–Crippen LogP) is 4.98. The molecule has 0 aliphatic carbocycles. The van der Waals surface area contributed by atoms with Gasteiger partial charge in [0.15, 0.2) is 8.32 Å². The first kappa shape index (κ1) is 16.7. The second-order valence-electron chi connectivity index (χ2n) is 6.20. The van der Waals surface area contributed by atoms with Crippen molar-refractivity contribution in [2.45, 2.75) is 77.9 Å². The van der Waals surface area contributed by atoms with E-state index in [1.165, 1.54) is 25.7 Å². The topological polar surface area (TPSA) is 9.23 Å². The molecule has 0 amide bonds. The average molecular weight is 254 g/mol. The summed E-state index contributed by atoms with van der Waals surface area (Å²) in [5, 5.41) is 0.337. The summed E-state index contributed by atoms with van der Waals surface area (Å²) >= 11 is 0. The Labute approximate surface area is 109 Å². The first-order chi connectivity index (χ1) is 7.81. The van der Waals surface area contributed by atoms with E-state index in [2.05, 4.69) is 45.7 Å². The van der Waals surface area contributed by atoms with Gasteiger partial charge in [-0.2, -0.15) is 0 Å². The molecule has 0 bridgehead atoms. The van der Waals surface area contributed by atoms with E-state index in [1.807, 2.05) is 6.92 Å². The van der Waals surface area contributed by atoms with Crippen molar-refractivity contribution in [3.05, 3.63) is 0 Å². The zero-order valence-corrected chi connectivity index (χ0v) is 13.7. The highest BCUT2D eigenvalue weighted by molar-refractivity contribution is 6.74. The second kappa shape index (κ2) is 7.95. The minimum absolute atomic E-state index is 0.337. The molecule has 100 valence electrons. The number of hydrogen-bond acceptors (Lipinski definition) is 1. The molecule has 0 N–H and O–H groups in total. The van der Waals surface area contributed by atoms with E-state index in [1.54, 1.807) is 0 Å². The summed E-state index contributed by atoms with van der Waals surface area (Å²) in [5.41, 5.74) is 0. The zero-order valence-electron chi connectivity index (χ0n) is 12.7. The first-order valence-electron chi connectivity index (χ1n) is 6.85. The Kier molecular flexibility index (Phi) is 7.82. The second-order valence-corrected chi connectivity index (χ2v) is 11.0. The van der Waals surface area contributed by atoms with Gasteiger partial charge in [0.1, 0.15) is 0 Å². The fourth-order valence-corrected chi connectivity index (χ4v) is 2.43. The molecule has 0 heterocycles. The molecule has 0 fully saturated rings. The maximum atomic E-state index is 6.13. The molecule has 0 rings (SSSR count). The van der Waals surface area contributed by atoms with E-state index >= 15 is 0 Å². The summed E-state index contributed by atoms with van der Waals surface area (Å²) in [6.07, 6.45) is 6.06.